The van der Waals surface area contributed by atoms with E-state index in [0.29, 0.717) is 0 Å². The van der Waals surface area contributed by atoms with Crippen molar-refractivity contribution in [1.82, 2.24) is 19.7 Å². The van der Waals surface area contributed by atoms with Crippen LogP contribution in [0, 0.1) is 0 Å². The first kappa shape index (κ1) is 22.7. The minimum atomic E-state index is 0. The highest BCUT2D eigenvalue weighted by atomic mass is 127. The van der Waals surface area contributed by atoms with Crippen molar-refractivity contribution in [3.8, 4) is 0 Å². The number of aryl methyl sites for hydroxylation is 1. The van der Waals surface area contributed by atoms with Crippen molar-refractivity contribution in [3.05, 3.63) is 22.4 Å². The number of aromatic nitrogens is 1. The van der Waals surface area contributed by atoms with E-state index in [0.717, 1.165) is 49.6 Å². The maximum atomic E-state index is 5.55. The van der Waals surface area contributed by atoms with Crippen molar-refractivity contribution in [1.29, 1.82) is 0 Å². The molecule has 1 saturated heterocycles. The van der Waals surface area contributed by atoms with E-state index in [9.17, 15) is 0 Å². The van der Waals surface area contributed by atoms with E-state index in [2.05, 4.69) is 81.1 Å². The summed E-state index contributed by atoms with van der Waals surface area (Å²) in [7, 11) is 10.3. The molecule has 0 bridgehead atoms. The number of nitrogens with one attached hydrogen (secondary N) is 1. The van der Waals surface area contributed by atoms with Gasteiger partial charge in [0.1, 0.15) is 0 Å². The number of hydrogen-bond acceptors (Lipinski definition) is 3. The first-order valence-corrected chi connectivity index (χ1v) is 9.15. The molecule has 0 atom stereocenters. The summed E-state index contributed by atoms with van der Waals surface area (Å²) in [6.07, 6.45) is 4.15. The van der Waals surface area contributed by atoms with E-state index in [-0.39, 0.29) is 29.5 Å². The monoisotopic (exact) mass is 527 g/mol. The molecule has 1 N–H and O–H groups in total. The summed E-state index contributed by atoms with van der Waals surface area (Å²) in [6.45, 7) is 3.33. The summed E-state index contributed by atoms with van der Waals surface area (Å²) < 4.78 is 8.78. The number of nitrogens with zero attached hydrogens (tertiary/aromatic N) is 4. The number of guanidine groups is 1. The largest absolute Gasteiger partial charge is 0.381 e. The van der Waals surface area contributed by atoms with E-state index in [1.807, 2.05) is 7.05 Å². The number of halogens is 2. The van der Waals surface area contributed by atoms with Gasteiger partial charge < -0.3 is 24.4 Å². The number of likely N-dealkylation sites (N-methyl/N-ethyl adjacent to an activating group) is 1. The van der Waals surface area contributed by atoms with Gasteiger partial charge >= 0.3 is 0 Å². The van der Waals surface area contributed by atoms with Gasteiger partial charge in [0.2, 0.25) is 0 Å². The molecule has 1 aliphatic heterocycles. The van der Waals surface area contributed by atoms with Gasteiger partial charge in [0.25, 0.3) is 0 Å². The van der Waals surface area contributed by atoms with Gasteiger partial charge in [-0.3, -0.25) is 4.99 Å². The Morgan fingerprint density at radius 3 is 2.48 bits per heavy atom. The van der Waals surface area contributed by atoms with Gasteiger partial charge in [0.15, 0.2) is 5.96 Å². The molecule has 0 amide bonds. The quantitative estimate of drug-likeness (QED) is 0.363. The number of hydrogen-bond donors (Lipinski definition) is 1. The Morgan fingerprint density at radius 2 is 2.00 bits per heavy atom. The van der Waals surface area contributed by atoms with E-state index in [4.69, 9.17) is 4.74 Å². The normalized spacial score (nSPS) is 17.3. The zero-order valence-electron chi connectivity index (χ0n) is 15.9. The first-order chi connectivity index (χ1) is 11.4. The highest BCUT2D eigenvalue weighted by molar-refractivity contribution is 14.0. The second-order valence-electron chi connectivity index (χ2n) is 6.75. The number of ether oxygens (including phenoxy) is 1. The third-order valence-corrected chi connectivity index (χ3v) is 5.43. The molecule has 1 aromatic heterocycles. The lowest BCUT2D eigenvalue weighted by molar-refractivity contribution is -0.00522. The molecule has 0 saturated carbocycles. The van der Waals surface area contributed by atoms with Crippen LogP contribution in [0.1, 0.15) is 18.5 Å². The van der Waals surface area contributed by atoms with Crippen molar-refractivity contribution in [2.75, 3.05) is 47.9 Å². The zero-order valence-corrected chi connectivity index (χ0v) is 19.8. The summed E-state index contributed by atoms with van der Waals surface area (Å²) in [5, 5.41) is 3.57. The van der Waals surface area contributed by atoms with Crippen LogP contribution in [0.15, 0.2) is 21.7 Å². The highest BCUT2D eigenvalue weighted by Gasteiger charge is 2.35. The van der Waals surface area contributed by atoms with E-state index < -0.39 is 0 Å². The molecule has 0 radical (unpaired) electrons. The van der Waals surface area contributed by atoms with Crippen LogP contribution in [-0.4, -0.2) is 73.8 Å². The standard InChI is InChI=1S/C17H30BrN5O.HI/c1-19-16(23(5)12-15-10-14(18)11-22(15)4)20-13-17(21(2)3)6-8-24-9-7-17;/h10-11H,6-9,12-13H2,1-5H3,(H,19,20);1H. The van der Waals surface area contributed by atoms with Crippen molar-refractivity contribution in [2.45, 2.75) is 24.9 Å². The molecule has 2 rings (SSSR count). The van der Waals surface area contributed by atoms with Crippen LogP contribution < -0.4 is 5.32 Å². The number of aliphatic imine (C=N–C) groups is 1. The van der Waals surface area contributed by atoms with Gasteiger partial charge in [0.05, 0.1) is 6.54 Å². The second-order valence-corrected chi connectivity index (χ2v) is 7.66. The first-order valence-electron chi connectivity index (χ1n) is 8.36. The molecule has 6 nitrogen and oxygen atoms in total. The topological polar surface area (TPSA) is 45.0 Å². The molecule has 8 heteroatoms. The summed E-state index contributed by atoms with van der Waals surface area (Å²) in [4.78, 5) is 8.94. The van der Waals surface area contributed by atoms with Crippen molar-refractivity contribution in [2.24, 2.45) is 12.0 Å². The van der Waals surface area contributed by atoms with Gasteiger partial charge in [-0.15, -0.1) is 24.0 Å². The average Bonchev–Trinajstić information content (AvgIpc) is 2.86. The summed E-state index contributed by atoms with van der Waals surface area (Å²) in [6, 6.07) is 2.14. The Labute approximate surface area is 177 Å². The summed E-state index contributed by atoms with van der Waals surface area (Å²) >= 11 is 3.53. The summed E-state index contributed by atoms with van der Waals surface area (Å²) in [5.41, 5.74) is 1.36. The van der Waals surface area contributed by atoms with E-state index >= 15 is 0 Å². The lowest BCUT2D eigenvalue weighted by Gasteiger charge is -2.43. The van der Waals surface area contributed by atoms with Crippen LogP contribution in [0.4, 0.5) is 0 Å². The van der Waals surface area contributed by atoms with Gasteiger partial charge in [-0.05, 0) is 48.9 Å². The smallest absolute Gasteiger partial charge is 0.193 e. The third kappa shape index (κ3) is 5.83. The Balaban J connectivity index is 0.00000312. The van der Waals surface area contributed by atoms with Crippen LogP contribution >= 0.6 is 39.9 Å². The molecule has 1 aliphatic rings. The molecular formula is C17H31BrIN5O. The fourth-order valence-electron chi connectivity index (χ4n) is 3.20. The third-order valence-electron chi connectivity index (χ3n) is 4.99. The van der Waals surface area contributed by atoms with Crippen molar-refractivity contribution < 1.29 is 4.74 Å². The zero-order chi connectivity index (χ0) is 17.7. The molecule has 144 valence electrons. The van der Waals surface area contributed by atoms with E-state index in [1.54, 1.807) is 0 Å². The molecule has 1 aromatic rings. The van der Waals surface area contributed by atoms with Crippen LogP contribution in [0.25, 0.3) is 0 Å². The van der Waals surface area contributed by atoms with Crippen molar-refractivity contribution >= 4 is 45.9 Å². The predicted octanol–water partition coefficient (Wildman–Crippen LogP) is 2.52. The minimum Gasteiger partial charge on any atom is -0.381 e. The average molecular weight is 528 g/mol. The molecule has 0 aromatic carbocycles. The molecule has 1 fully saturated rings. The number of rotatable bonds is 5. The second kappa shape index (κ2) is 10.1. The van der Waals surface area contributed by atoms with Crippen LogP contribution in [0.5, 0.6) is 0 Å². The Kier molecular flexibility index (Phi) is 9.20. The lowest BCUT2D eigenvalue weighted by Crippen LogP contribution is -2.57. The molecule has 0 unspecified atom stereocenters. The maximum absolute atomic E-state index is 5.55. The molecule has 2 heterocycles. The lowest BCUT2D eigenvalue weighted by atomic mass is 9.88. The Hall–Kier alpha value is -0.320. The summed E-state index contributed by atoms with van der Waals surface area (Å²) in [5.74, 6) is 0.917. The molecule has 25 heavy (non-hydrogen) atoms. The maximum Gasteiger partial charge on any atom is 0.193 e. The fraction of sp³-hybridized carbons (Fsp3) is 0.706. The predicted molar refractivity (Wildman–Crippen MR) is 118 cm³/mol. The van der Waals surface area contributed by atoms with Crippen LogP contribution in [0.3, 0.4) is 0 Å². The van der Waals surface area contributed by atoms with Gasteiger partial charge in [0, 0.05) is 62.8 Å². The van der Waals surface area contributed by atoms with E-state index in [1.165, 1.54) is 5.69 Å². The molecular weight excluding hydrogens is 497 g/mol. The van der Waals surface area contributed by atoms with Crippen LogP contribution in [0.2, 0.25) is 0 Å². The Bertz CT molecular complexity index is 569. The van der Waals surface area contributed by atoms with Gasteiger partial charge in [-0.25, -0.2) is 0 Å². The van der Waals surface area contributed by atoms with Gasteiger partial charge in [-0.1, -0.05) is 0 Å². The Morgan fingerprint density at radius 1 is 1.36 bits per heavy atom. The minimum absolute atomic E-state index is 0. The SMILES string of the molecule is CN=C(NCC1(N(C)C)CCOCC1)N(C)Cc1cc(Br)cn1C.I. The van der Waals surface area contributed by atoms with Gasteiger partial charge in [-0.2, -0.15) is 0 Å². The highest BCUT2D eigenvalue weighted by Crippen LogP contribution is 2.25. The molecule has 0 aliphatic carbocycles. The van der Waals surface area contributed by atoms with Crippen LogP contribution in [-0.2, 0) is 18.3 Å². The molecule has 0 spiro atoms. The fourth-order valence-corrected chi connectivity index (χ4v) is 3.77. The van der Waals surface area contributed by atoms with Crippen molar-refractivity contribution in [3.63, 3.8) is 0 Å².